The number of fused-ring (bicyclic) bond motifs is 5. The Morgan fingerprint density at radius 3 is 2.34 bits per heavy atom. The minimum Gasteiger partial charge on any atom is -0.481 e. The highest BCUT2D eigenvalue weighted by Gasteiger charge is 2.69. The number of allylic oxidation sites excluding steroid dienone is 1. The number of Topliss-reactive ketones (excluding diaryl/α,β-unsaturated/α-hetero) is 1. The normalized spacial score (nSPS) is 32.6. The summed E-state index contributed by atoms with van der Waals surface area (Å²) in [7, 11) is 1.87. The quantitative estimate of drug-likeness (QED) is 0.201. The van der Waals surface area contributed by atoms with Crippen molar-refractivity contribution in [1.82, 2.24) is 14.8 Å². The number of nitrogens with zero attached hydrogens (tertiary/aromatic N) is 4. The summed E-state index contributed by atoms with van der Waals surface area (Å²) in [4.78, 5) is 38.8. The van der Waals surface area contributed by atoms with Crippen LogP contribution in [-0.4, -0.2) is 48.8 Å². The maximum atomic E-state index is 14.2. The SMILES string of the molecule is CC[C@H](CC[C@@]1(C)[C@H](C)CC[C@]2(C)[C@@H]1CC[C@@H]1C3=C(C(C)C)C(=O)C[C@]3([C@@H](O)c3nnc(-c4ccc(C#N)cc4)n3C)CC[C@]12C)OC(=O)CC(C)(C)C(=O)O. The first-order chi connectivity index (χ1) is 26.2. The van der Waals surface area contributed by atoms with Gasteiger partial charge in [-0.3, -0.25) is 14.4 Å². The predicted molar refractivity (Wildman–Crippen MR) is 214 cm³/mol. The molecule has 0 radical (unpaired) electrons. The number of carboxylic acid groups (broad SMARTS) is 1. The lowest BCUT2D eigenvalue weighted by atomic mass is 9.35. The fourth-order valence-electron chi connectivity index (χ4n) is 12.2. The van der Waals surface area contributed by atoms with Gasteiger partial charge in [0.2, 0.25) is 0 Å². The molecule has 1 aromatic heterocycles. The third-order valence-corrected chi connectivity index (χ3v) is 16.1. The van der Waals surface area contributed by atoms with E-state index < -0.39 is 28.9 Å². The molecule has 6 rings (SSSR count). The molecule has 4 aliphatic rings. The van der Waals surface area contributed by atoms with Crippen molar-refractivity contribution in [3.8, 4) is 17.5 Å². The van der Waals surface area contributed by atoms with Crippen LogP contribution >= 0.6 is 0 Å². The van der Waals surface area contributed by atoms with Crippen LogP contribution in [0.5, 0.6) is 0 Å². The lowest BCUT2D eigenvalue weighted by Gasteiger charge is -2.69. The minimum absolute atomic E-state index is 0.00355. The van der Waals surface area contributed by atoms with Gasteiger partial charge in [-0.2, -0.15) is 5.26 Å². The Bertz CT molecular complexity index is 1940. The highest BCUT2D eigenvalue weighted by molar-refractivity contribution is 6.00. The summed E-state index contributed by atoms with van der Waals surface area (Å²) in [5, 5.41) is 40.6. The average molecular weight is 769 g/mol. The zero-order valence-corrected chi connectivity index (χ0v) is 35.4. The van der Waals surface area contributed by atoms with Gasteiger partial charge in [-0.1, -0.05) is 48.5 Å². The molecule has 0 bridgehead atoms. The summed E-state index contributed by atoms with van der Waals surface area (Å²) < 4.78 is 7.79. The number of carbonyl (C=O) groups excluding carboxylic acids is 2. The maximum Gasteiger partial charge on any atom is 0.309 e. The Morgan fingerprint density at radius 2 is 1.73 bits per heavy atom. The molecule has 304 valence electrons. The number of nitriles is 1. The van der Waals surface area contributed by atoms with Gasteiger partial charge in [-0.05, 0) is 147 Å². The topological polar surface area (TPSA) is 155 Å². The van der Waals surface area contributed by atoms with Crippen LogP contribution in [0.25, 0.3) is 11.4 Å². The van der Waals surface area contributed by atoms with E-state index >= 15 is 0 Å². The van der Waals surface area contributed by atoms with Gasteiger partial charge >= 0.3 is 11.9 Å². The van der Waals surface area contributed by atoms with Crippen molar-refractivity contribution >= 4 is 17.7 Å². The first-order valence-electron chi connectivity index (χ1n) is 21.0. The van der Waals surface area contributed by atoms with Crippen LogP contribution < -0.4 is 0 Å². The van der Waals surface area contributed by atoms with Crippen molar-refractivity contribution < 1.29 is 29.3 Å². The van der Waals surface area contributed by atoms with E-state index in [2.05, 4.69) is 57.8 Å². The monoisotopic (exact) mass is 768 g/mol. The molecule has 0 saturated heterocycles. The Kier molecular flexibility index (Phi) is 11.1. The van der Waals surface area contributed by atoms with Crippen molar-refractivity contribution in [2.45, 2.75) is 145 Å². The number of ether oxygens (including phenoxy) is 1. The summed E-state index contributed by atoms with van der Waals surface area (Å²) >= 11 is 0. The van der Waals surface area contributed by atoms with Crippen LogP contribution in [0.3, 0.4) is 0 Å². The van der Waals surface area contributed by atoms with Crippen molar-refractivity contribution in [3.63, 3.8) is 0 Å². The number of carboxylic acids is 1. The number of aliphatic hydroxyl groups excluding tert-OH is 1. The van der Waals surface area contributed by atoms with E-state index in [1.807, 2.05) is 30.7 Å². The van der Waals surface area contributed by atoms with Gasteiger partial charge in [0, 0.05) is 24.4 Å². The molecule has 9 atom stereocenters. The van der Waals surface area contributed by atoms with E-state index in [-0.39, 0.29) is 52.8 Å². The first-order valence-corrected chi connectivity index (χ1v) is 21.0. The summed E-state index contributed by atoms with van der Waals surface area (Å²) in [6, 6.07) is 9.36. The van der Waals surface area contributed by atoms with Gasteiger partial charge in [0.1, 0.15) is 12.2 Å². The van der Waals surface area contributed by atoms with Crippen LogP contribution in [-0.2, 0) is 26.2 Å². The summed E-state index contributed by atoms with van der Waals surface area (Å²) in [6.07, 6.45) is 6.90. The van der Waals surface area contributed by atoms with Crippen LogP contribution in [0.15, 0.2) is 35.4 Å². The van der Waals surface area contributed by atoms with Gasteiger partial charge in [-0.25, -0.2) is 0 Å². The first kappa shape index (κ1) is 41.8. The van der Waals surface area contributed by atoms with Crippen molar-refractivity contribution in [3.05, 3.63) is 46.8 Å². The third-order valence-electron chi connectivity index (χ3n) is 16.1. The molecule has 10 nitrogen and oxygen atoms in total. The van der Waals surface area contributed by atoms with E-state index in [0.717, 1.165) is 56.1 Å². The highest BCUT2D eigenvalue weighted by Crippen LogP contribution is 2.76. The fourth-order valence-corrected chi connectivity index (χ4v) is 12.2. The Balaban J connectivity index is 1.31. The van der Waals surface area contributed by atoms with E-state index in [0.29, 0.717) is 41.9 Å². The Hall–Kier alpha value is -3.84. The largest absolute Gasteiger partial charge is 0.481 e. The molecule has 1 aromatic carbocycles. The molecule has 3 fully saturated rings. The van der Waals surface area contributed by atoms with Gasteiger partial charge < -0.3 is 19.5 Å². The Labute approximate surface area is 333 Å². The zero-order chi connectivity index (χ0) is 41.2. The van der Waals surface area contributed by atoms with Gasteiger partial charge in [0.15, 0.2) is 17.4 Å². The molecule has 10 heteroatoms. The van der Waals surface area contributed by atoms with Crippen molar-refractivity contribution in [1.29, 1.82) is 5.26 Å². The standard InChI is InChI=1S/C46H64N4O6/c1-11-31(56-35(52)25-42(5,6)41(54)55)19-20-43(7)28(4)18-21-45(9)34(43)17-16-32-37-36(27(2)3)33(51)24-46(37,23-22-44(32,45)8)38(53)40-49-48-39(50(40)10)30-14-12-29(26-47)13-15-30/h12-15,27-28,31-32,34,38,53H,11,16-25H2,1-10H3,(H,54,55)/t28-,31-,32-,34-,38+,43+,44-,45-,46-/m1/s1. The van der Waals surface area contributed by atoms with Crippen LogP contribution in [0, 0.1) is 62.1 Å². The van der Waals surface area contributed by atoms with Gasteiger partial charge in [0.25, 0.3) is 0 Å². The Morgan fingerprint density at radius 1 is 1.05 bits per heavy atom. The summed E-state index contributed by atoms with van der Waals surface area (Å²) in [6.45, 7) is 19.2. The molecule has 2 aromatic rings. The molecule has 0 aliphatic heterocycles. The molecule has 4 aliphatic carbocycles. The van der Waals surface area contributed by atoms with Crippen LogP contribution in [0.4, 0.5) is 0 Å². The second kappa shape index (κ2) is 14.8. The highest BCUT2D eigenvalue weighted by atomic mass is 16.5. The number of rotatable bonds is 12. The number of aromatic nitrogens is 3. The molecule has 56 heavy (non-hydrogen) atoms. The molecule has 0 amide bonds. The summed E-state index contributed by atoms with van der Waals surface area (Å²) in [5.41, 5.74) is 1.37. The molecule has 0 unspecified atom stereocenters. The van der Waals surface area contributed by atoms with Gasteiger partial charge in [-0.15, -0.1) is 10.2 Å². The fraction of sp³-hybridized carbons (Fsp3) is 0.696. The van der Waals surface area contributed by atoms with Crippen molar-refractivity contribution in [2.75, 3.05) is 0 Å². The lowest BCUT2D eigenvalue weighted by Crippen LogP contribution is -2.62. The predicted octanol–water partition coefficient (Wildman–Crippen LogP) is 9.17. The van der Waals surface area contributed by atoms with E-state index in [1.54, 1.807) is 26.0 Å². The minimum atomic E-state index is -1.18. The molecule has 1 heterocycles. The van der Waals surface area contributed by atoms with E-state index in [9.17, 15) is 29.9 Å². The molecule has 3 saturated carbocycles. The number of esters is 1. The number of carbonyl (C=O) groups is 3. The lowest BCUT2D eigenvalue weighted by molar-refractivity contribution is -0.191. The number of ketones is 1. The van der Waals surface area contributed by atoms with E-state index in [4.69, 9.17) is 4.74 Å². The second-order valence-corrected chi connectivity index (χ2v) is 19.7. The number of hydrogen-bond donors (Lipinski definition) is 2. The zero-order valence-electron chi connectivity index (χ0n) is 35.4. The number of hydrogen-bond acceptors (Lipinski definition) is 8. The third kappa shape index (κ3) is 6.54. The second-order valence-electron chi connectivity index (χ2n) is 19.7. The van der Waals surface area contributed by atoms with E-state index in [1.165, 1.54) is 5.57 Å². The smallest absolute Gasteiger partial charge is 0.309 e. The molecule has 2 N–H and O–H groups in total. The number of aliphatic hydroxyl groups is 1. The summed E-state index contributed by atoms with van der Waals surface area (Å²) in [5.74, 6) is 0.811. The molecular weight excluding hydrogens is 705 g/mol. The van der Waals surface area contributed by atoms with Gasteiger partial charge in [0.05, 0.1) is 23.5 Å². The average Bonchev–Trinajstić information content (AvgIpc) is 3.68. The maximum absolute atomic E-state index is 14.2. The van der Waals surface area contributed by atoms with Crippen LogP contribution in [0.2, 0.25) is 0 Å². The molecule has 0 spiro atoms. The van der Waals surface area contributed by atoms with Crippen LogP contribution in [0.1, 0.15) is 150 Å². The number of aliphatic carboxylic acids is 1. The van der Waals surface area contributed by atoms with Crippen molar-refractivity contribution in [2.24, 2.45) is 57.8 Å². The number of benzene rings is 1. The molecular formula is C46H64N4O6.